The van der Waals surface area contributed by atoms with Gasteiger partial charge in [-0.25, -0.2) is 4.79 Å². The topological polar surface area (TPSA) is 53.1 Å². The molecule has 2 rings (SSSR count). The molecular weight excluding hydrogens is 270 g/mol. The number of hydrogen-bond donors (Lipinski definition) is 2. The molecule has 0 atom stereocenters. The number of carboxylic acid groups (broad SMARTS) is 1. The highest BCUT2D eigenvalue weighted by atomic mass is 79.9. The molecule has 0 saturated heterocycles. The molecule has 1 aromatic carbocycles. The number of benzene rings is 1. The summed E-state index contributed by atoms with van der Waals surface area (Å²) in [5.41, 5.74) is 2.91. The zero-order valence-corrected chi connectivity index (χ0v) is 10.2. The van der Waals surface area contributed by atoms with Crippen LogP contribution in [-0.4, -0.2) is 16.1 Å². The molecule has 0 amide bonds. The summed E-state index contributed by atoms with van der Waals surface area (Å²) >= 11 is 3.44. The lowest BCUT2D eigenvalue weighted by atomic mass is 10.0. The van der Waals surface area contributed by atoms with Crippen LogP contribution in [0.15, 0.2) is 34.9 Å². The highest BCUT2D eigenvalue weighted by molar-refractivity contribution is 9.10. The van der Waals surface area contributed by atoms with Crippen molar-refractivity contribution in [2.24, 2.45) is 0 Å². The third-order valence-electron chi connectivity index (χ3n) is 2.38. The van der Waals surface area contributed by atoms with Crippen LogP contribution in [0.25, 0.3) is 11.1 Å². The van der Waals surface area contributed by atoms with E-state index in [4.69, 9.17) is 5.11 Å². The molecule has 0 fully saturated rings. The van der Waals surface area contributed by atoms with E-state index >= 15 is 0 Å². The van der Waals surface area contributed by atoms with Crippen molar-refractivity contribution >= 4 is 21.9 Å². The van der Waals surface area contributed by atoms with Gasteiger partial charge in [0.2, 0.25) is 0 Å². The van der Waals surface area contributed by atoms with E-state index in [2.05, 4.69) is 20.9 Å². The first-order valence-electron chi connectivity index (χ1n) is 4.77. The number of aromatic nitrogens is 1. The van der Waals surface area contributed by atoms with E-state index in [1.165, 1.54) is 0 Å². The number of aryl methyl sites for hydroxylation is 1. The summed E-state index contributed by atoms with van der Waals surface area (Å²) in [6, 6.07) is 7.60. The smallest absolute Gasteiger partial charge is 0.352 e. The van der Waals surface area contributed by atoms with Gasteiger partial charge in [0, 0.05) is 16.2 Å². The number of aromatic carboxylic acids is 1. The molecule has 2 N–H and O–H groups in total. The normalized spacial score (nSPS) is 10.4. The molecule has 4 heteroatoms. The second-order valence-electron chi connectivity index (χ2n) is 3.55. The van der Waals surface area contributed by atoms with Crippen LogP contribution in [0.1, 0.15) is 16.1 Å². The zero-order valence-electron chi connectivity index (χ0n) is 8.62. The minimum atomic E-state index is -0.951. The second kappa shape index (κ2) is 4.14. The molecular formula is C12H10BrNO2. The molecule has 1 heterocycles. The molecule has 0 aliphatic rings. The van der Waals surface area contributed by atoms with Gasteiger partial charge in [-0.2, -0.15) is 0 Å². The number of carboxylic acids is 1. The minimum Gasteiger partial charge on any atom is -0.477 e. The molecule has 0 radical (unpaired) electrons. The van der Waals surface area contributed by atoms with Crippen LogP contribution in [0.5, 0.6) is 0 Å². The summed E-state index contributed by atoms with van der Waals surface area (Å²) < 4.78 is 0.898. The maximum atomic E-state index is 11.0. The van der Waals surface area contributed by atoms with Crippen LogP contribution in [0.2, 0.25) is 0 Å². The summed E-state index contributed by atoms with van der Waals surface area (Å²) in [6.07, 6.45) is 1.63. The van der Waals surface area contributed by atoms with Crippen molar-refractivity contribution in [2.75, 3.05) is 0 Å². The molecule has 2 aromatic rings. The zero-order chi connectivity index (χ0) is 11.7. The summed E-state index contributed by atoms with van der Waals surface area (Å²) in [6.45, 7) is 1.99. The van der Waals surface area contributed by atoms with Gasteiger partial charge >= 0.3 is 5.97 Å². The Labute approximate surface area is 101 Å². The van der Waals surface area contributed by atoms with Crippen LogP contribution < -0.4 is 0 Å². The fraction of sp³-hybridized carbons (Fsp3) is 0.0833. The first-order chi connectivity index (χ1) is 7.59. The molecule has 0 bridgehead atoms. The predicted molar refractivity (Wildman–Crippen MR) is 65.6 cm³/mol. The van der Waals surface area contributed by atoms with Crippen molar-refractivity contribution in [3.05, 3.63) is 46.2 Å². The van der Waals surface area contributed by atoms with Crippen molar-refractivity contribution < 1.29 is 9.90 Å². The fourth-order valence-corrected chi connectivity index (χ4v) is 2.32. The number of halogens is 1. The average Bonchev–Trinajstić information content (AvgIpc) is 2.66. The summed E-state index contributed by atoms with van der Waals surface area (Å²) in [7, 11) is 0. The van der Waals surface area contributed by atoms with Crippen molar-refractivity contribution in [2.45, 2.75) is 6.92 Å². The van der Waals surface area contributed by atoms with E-state index in [0.717, 1.165) is 15.6 Å². The molecule has 3 nitrogen and oxygen atoms in total. The Hall–Kier alpha value is -1.55. The van der Waals surface area contributed by atoms with Crippen LogP contribution in [0, 0.1) is 6.92 Å². The lowest BCUT2D eigenvalue weighted by Gasteiger charge is -2.05. The lowest BCUT2D eigenvalue weighted by Crippen LogP contribution is -1.98. The molecule has 0 unspecified atom stereocenters. The number of carbonyl (C=O) groups is 1. The standard InChI is InChI=1S/C12H10BrNO2/c1-7-2-3-8(10(13)6-7)9-4-5-14-11(9)12(15)16/h2-6,14H,1H3,(H,15,16). The third kappa shape index (κ3) is 1.88. The van der Waals surface area contributed by atoms with Gasteiger partial charge < -0.3 is 10.1 Å². The van der Waals surface area contributed by atoms with Gasteiger partial charge in [0.1, 0.15) is 5.69 Å². The molecule has 1 aromatic heterocycles. The van der Waals surface area contributed by atoms with E-state index in [1.807, 2.05) is 25.1 Å². The maximum Gasteiger partial charge on any atom is 0.352 e. The average molecular weight is 280 g/mol. The number of aromatic amines is 1. The lowest BCUT2D eigenvalue weighted by molar-refractivity contribution is 0.0692. The SMILES string of the molecule is Cc1ccc(-c2cc[nH]c2C(=O)O)c(Br)c1. The van der Waals surface area contributed by atoms with Crippen molar-refractivity contribution in [1.82, 2.24) is 4.98 Å². The molecule has 16 heavy (non-hydrogen) atoms. The number of hydrogen-bond acceptors (Lipinski definition) is 1. The largest absolute Gasteiger partial charge is 0.477 e. The first-order valence-corrected chi connectivity index (χ1v) is 5.56. The Morgan fingerprint density at radius 2 is 2.06 bits per heavy atom. The predicted octanol–water partition coefficient (Wildman–Crippen LogP) is 3.45. The Bertz CT molecular complexity index is 546. The van der Waals surface area contributed by atoms with Crippen molar-refractivity contribution in [3.8, 4) is 11.1 Å². The van der Waals surface area contributed by atoms with Gasteiger partial charge in [-0.15, -0.1) is 0 Å². The van der Waals surface area contributed by atoms with Crippen molar-refractivity contribution in [1.29, 1.82) is 0 Å². The monoisotopic (exact) mass is 279 g/mol. The summed E-state index contributed by atoms with van der Waals surface area (Å²) in [5.74, 6) is -0.951. The number of nitrogens with one attached hydrogen (secondary N) is 1. The van der Waals surface area contributed by atoms with Crippen LogP contribution in [-0.2, 0) is 0 Å². The van der Waals surface area contributed by atoms with E-state index < -0.39 is 5.97 Å². The van der Waals surface area contributed by atoms with E-state index in [9.17, 15) is 4.79 Å². The minimum absolute atomic E-state index is 0.213. The van der Waals surface area contributed by atoms with E-state index in [0.29, 0.717) is 5.56 Å². The molecule has 0 saturated carbocycles. The van der Waals surface area contributed by atoms with Crippen LogP contribution >= 0.6 is 15.9 Å². The fourth-order valence-electron chi connectivity index (χ4n) is 1.61. The highest BCUT2D eigenvalue weighted by Crippen LogP contribution is 2.31. The maximum absolute atomic E-state index is 11.0. The van der Waals surface area contributed by atoms with Gasteiger partial charge in [-0.05, 0) is 30.2 Å². The third-order valence-corrected chi connectivity index (χ3v) is 3.03. The summed E-state index contributed by atoms with van der Waals surface area (Å²) in [5, 5.41) is 9.01. The van der Waals surface area contributed by atoms with Gasteiger partial charge in [0.05, 0.1) is 0 Å². The molecule has 82 valence electrons. The van der Waals surface area contributed by atoms with Crippen LogP contribution in [0.3, 0.4) is 0 Å². The van der Waals surface area contributed by atoms with Gasteiger partial charge in [-0.1, -0.05) is 28.1 Å². The van der Waals surface area contributed by atoms with Gasteiger partial charge in [0.25, 0.3) is 0 Å². The van der Waals surface area contributed by atoms with Gasteiger partial charge in [0.15, 0.2) is 0 Å². The molecule has 0 spiro atoms. The second-order valence-corrected chi connectivity index (χ2v) is 4.41. The number of H-pyrrole nitrogens is 1. The quantitative estimate of drug-likeness (QED) is 0.885. The molecule has 0 aliphatic carbocycles. The molecule has 0 aliphatic heterocycles. The Morgan fingerprint density at radius 1 is 1.31 bits per heavy atom. The van der Waals surface area contributed by atoms with E-state index in [-0.39, 0.29) is 5.69 Å². The Kier molecular flexibility index (Phi) is 2.83. The highest BCUT2D eigenvalue weighted by Gasteiger charge is 2.14. The van der Waals surface area contributed by atoms with Gasteiger partial charge in [-0.3, -0.25) is 0 Å². The van der Waals surface area contributed by atoms with Crippen LogP contribution in [0.4, 0.5) is 0 Å². The summed E-state index contributed by atoms with van der Waals surface area (Å²) in [4.78, 5) is 13.7. The Morgan fingerprint density at radius 3 is 2.69 bits per heavy atom. The number of rotatable bonds is 2. The van der Waals surface area contributed by atoms with E-state index in [1.54, 1.807) is 12.3 Å². The first kappa shape index (κ1) is 11.0. The Balaban J connectivity index is 2.59. The van der Waals surface area contributed by atoms with Crippen molar-refractivity contribution in [3.63, 3.8) is 0 Å².